The first kappa shape index (κ1) is 14.9. The molecule has 1 heterocycles. The molecule has 1 aliphatic heterocycles. The largest absolute Gasteiger partial charge is 0.494 e. The first-order valence-corrected chi connectivity index (χ1v) is 7.91. The van der Waals surface area contributed by atoms with Gasteiger partial charge in [0, 0.05) is 6.07 Å². The van der Waals surface area contributed by atoms with Crippen LogP contribution < -0.4 is 9.64 Å². The Balaban J connectivity index is 1.77. The zero-order chi connectivity index (χ0) is 17.0. The number of amides is 2. The minimum Gasteiger partial charge on any atom is -0.494 e. The molecule has 1 saturated heterocycles. The van der Waals surface area contributed by atoms with Gasteiger partial charge in [0.05, 0.1) is 35.6 Å². The number of nitro benzene ring substituents is 1. The number of hydrogen-bond acceptors (Lipinski definition) is 5. The summed E-state index contributed by atoms with van der Waals surface area (Å²) in [5.74, 6) is -0.726. The second-order valence-corrected chi connectivity index (χ2v) is 6.47. The molecule has 3 aliphatic carbocycles. The van der Waals surface area contributed by atoms with E-state index in [2.05, 4.69) is 12.2 Å². The number of anilines is 1. The molecule has 4 atom stereocenters. The van der Waals surface area contributed by atoms with E-state index in [4.69, 9.17) is 4.74 Å². The molecule has 2 amide bonds. The molecule has 2 fully saturated rings. The molecule has 0 N–H and O–H groups in total. The summed E-state index contributed by atoms with van der Waals surface area (Å²) in [4.78, 5) is 37.4. The number of hydrogen-bond donors (Lipinski definition) is 0. The number of imide groups is 1. The minimum absolute atomic E-state index is 0.102. The van der Waals surface area contributed by atoms with E-state index in [0.29, 0.717) is 0 Å². The molecular formula is C17H16N2O5. The molecule has 7 heteroatoms. The standard InChI is InChI=1S/C17H16N2O5/c1-24-13-8-11(19(22)23)6-7-12(13)18-16(20)14-9-2-3-10(5-4-9)15(14)17(18)21/h2-3,6-10,14-15H,4-5H2,1H3/t9-,10-,14-,15+/m0/s1. The van der Waals surface area contributed by atoms with Gasteiger partial charge in [-0.2, -0.15) is 0 Å². The van der Waals surface area contributed by atoms with Gasteiger partial charge < -0.3 is 4.74 Å². The molecule has 0 unspecified atom stereocenters. The van der Waals surface area contributed by atoms with Crippen LogP contribution in [0.2, 0.25) is 0 Å². The monoisotopic (exact) mass is 328 g/mol. The number of non-ortho nitro benzene ring substituents is 1. The van der Waals surface area contributed by atoms with Gasteiger partial charge in [-0.1, -0.05) is 12.2 Å². The zero-order valence-electron chi connectivity index (χ0n) is 13.0. The highest BCUT2D eigenvalue weighted by atomic mass is 16.6. The fourth-order valence-electron chi connectivity index (χ4n) is 4.28. The van der Waals surface area contributed by atoms with E-state index < -0.39 is 4.92 Å². The van der Waals surface area contributed by atoms with Crippen molar-refractivity contribution in [3.63, 3.8) is 0 Å². The smallest absolute Gasteiger partial charge is 0.273 e. The van der Waals surface area contributed by atoms with Crippen LogP contribution >= 0.6 is 0 Å². The number of nitrogens with zero attached hydrogens (tertiary/aromatic N) is 2. The van der Waals surface area contributed by atoms with Crippen LogP contribution in [0.5, 0.6) is 5.75 Å². The van der Waals surface area contributed by atoms with Crippen molar-refractivity contribution in [3.05, 3.63) is 40.5 Å². The van der Waals surface area contributed by atoms with Gasteiger partial charge in [-0.3, -0.25) is 19.7 Å². The van der Waals surface area contributed by atoms with E-state index in [0.717, 1.165) is 17.7 Å². The second kappa shape index (κ2) is 5.15. The van der Waals surface area contributed by atoms with Crippen molar-refractivity contribution in [2.75, 3.05) is 12.0 Å². The first-order chi connectivity index (χ1) is 11.5. The maximum absolute atomic E-state index is 12.9. The summed E-state index contributed by atoms with van der Waals surface area (Å²) in [6.45, 7) is 0. The summed E-state index contributed by atoms with van der Waals surface area (Å²) in [5.41, 5.74) is 0.140. The summed E-state index contributed by atoms with van der Waals surface area (Å²) in [7, 11) is 1.37. The van der Waals surface area contributed by atoms with Crippen LogP contribution in [0.15, 0.2) is 30.4 Å². The van der Waals surface area contributed by atoms with Crippen LogP contribution in [0.4, 0.5) is 11.4 Å². The number of carbonyl (C=O) groups excluding carboxylic acids is 2. The number of ether oxygens (including phenoxy) is 1. The lowest BCUT2D eigenvalue weighted by atomic mass is 9.63. The number of allylic oxidation sites excluding steroid dienone is 2. The van der Waals surface area contributed by atoms with E-state index in [1.54, 1.807) is 0 Å². The first-order valence-electron chi connectivity index (χ1n) is 7.91. The van der Waals surface area contributed by atoms with Gasteiger partial charge in [0.1, 0.15) is 5.75 Å². The van der Waals surface area contributed by atoms with Crippen molar-refractivity contribution in [2.24, 2.45) is 23.7 Å². The molecule has 0 aromatic heterocycles. The fourth-order valence-corrected chi connectivity index (χ4v) is 4.28. The third-order valence-corrected chi connectivity index (χ3v) is 5.37. The Bertz CT molecular complexity index is 755. The van der Waals surface area contributed by atoms with Crippen LogP contribution in [-0.4, -0.2) is 23.8 Å². The lowest BCUT2D eigenvalue weighted by Gasteiger charge is -2.38. The number of carbonyl (C=O) groups is 2. The summed E-state index contributed by atoms with van der Waals surface area (Å²) >= 11 is 0. The topological polar surface area (TPSA) is 89.8 Å². The summed E-state index contributed by atoms with van der Waals surface area (Å²) in [6, 6.07) is 3.94. The van der Waals surface area contributed by atoms with Crippen molar-refractivity contribution in [2.45, 2.75) is 12.8 Å². The maximum Gasteiger partial charge on any atom is 0.273 e. The quantitative estimate of drug-likeness (QED) is 0.367. The maximum atomic E-state index is 12.9. The van der Waals surface area contributed by atoms with Gasteiger partial charge in [0.15, 0.2) is 0 Å². The minimum atomic E-state index is -0.538. The third kappa shape index (κ3) is 1.90. The molecule has 7 nitrogen and oxygen atoms in total. The third-order valence-electron chi connectivity index (χ3n) is 5.37. The highest BCUT2D eigenvalue weighted by molar-refractivity contribution is 6.23. The number of methoxy groups -OCH3 is 1. The van der Waals surface area contributed by atoms with Gasteiger partial charge in [0.2, 0.25) is 11.8 Å². The summed E-state index contributed by atoms with van der Waals surface area (Å²) < 4.78 is 5.20. The number of rotatable bonds is 3. The normalized spacial score (nSPS) is 30.6. The van der Waals surface area contributed by atoms with Gasteiger partial charge in [-0.05, 0) is 30.7 Å². The fraction of sp³-hybridized carbons (Fsp3) is 0.412. The van der Waals surface area contributed by atoms with Gasteiger partial charge in [-0.25, -0.2) is 4.90 Å². The van der Waals surface area contributed by atoms with Crippen LogP contribution in [0.1, 0.15) is 12.8 Å². The van der Waals surface area contributed by atoms with Crippen LogP contribution in [0.3, 0.4) is 0 Å². The molecular weight excluding hydrogens is 312 g/mol. The SMILES string of the molecule is COc1cc([N+](=O)[O-])ccc1N1C(=O)[C@@H]2[C@H](C1=O)[C@H]1C=C[C@H]2CC1. The molecule has 0 radical (unpaired) electrons. The number of nitro groups is 1. The highest BCUT2D eigenvalue weighted by Gasteiger charge is 2.57. The predicted octanol–water partition coefficient (Wildman–Crippen LogP) is 2.30. The zero-order valence-corrected chi connectivity index (χ0v) is 13.0. The number of fused-ring (bicyclic) bond motifs is 1. The average molecular weight is 328 g/mol. The van der Waals surface area contributed by atoms with Gasteiger partial charge in [-0.15, -0.1) is 0 Å². The Morgan fingerprint density at radius 2 is 1.71 bits per heavy atom. The molecule has 0 spiro atoms. The molecule has 1 saturated carbocycles. The lowest BCUT2D eigenvalue weighted by Crippen LogP contribution is -2.38. The summed E-state index contributed by atoms with van der Waals surface area (Å²) in [6.07, 6.45) is 5.95. The Hall–Kier alpha value is -2.70. The summed E-state index contributed by atoms with van der Waals surface area (Å²) in [5, 5.41) is 10.9. The average Bonchev–Trinajstić information content (AvgIpc) is 2.88. The second-order valence-electron chi connectivity index (χ2n) is 6.47. The Kier molecular flexibility index (Phi) is 3.19. The van der Waals surface area contributed by atoms with Crippen LogP contribution in [0.25, 0.3) is 0 Å². The Labute approximate surface area is 138 Å². The lowest BCUT2D eigenvalue weighted by molar-refractivity contribution is -0.384. The van der Waals surface area contributed by atoms with E-state index in [9.17, 15) is 19.7 Å². The molecule has 4 aliphatic rings. The molecule has 1 aromatic carbocycles. The molecule has 5 rings (SSSR count). The van der Waals surface area contributed by atoms with Crippen molar-refractivity contribution in [1.82, 2.24) is 0 Å². The number of benzene rings is 1. The Morgan fingerprint density at radius 3 is 2.17 bits per heavy atom. The van der Waals surface area contributed by atoms with Crippen molar-refractivity contribution >= 4 is 23.2 Å². The molecule has 1 aromatic rings. The molecule has 24 heavy (non-hydrogen) atoms. The van der Waals surface area contributed by atoms with Crippen LogP contribution in [0, 0.1) is 33.8 Å². The molecule has 124 valence electrons. The van der Waals surface area contributed by atoms with Crippen molar-refractivity contribution < 1.29 is 19.2 Å². The van der Waals surface area contributed by atoms with Crippen molar-refractivity contribution in [1.29, 1.82) is 0 Å². The van der Waals surface area contributed by atoms with E-state index >= 15 is 0 Å². The predicted molar refractivity (Wildman–Crippen MR) is 84.5 cm³/mol. The van der Waals surface area contributed by atoms with Crippen LogP contribution in [-0.2, 0) is 9.59 Å². The van der Waals surface area contributed by atoms with E-state index in [-0.39, 0.29) is 52.6 Å². The van der Waals surface area contributed by atoms with Gasteiger partial charge >= 0.3 is 0 Å². The van der Waals surface area contributed by atoms with Crippen molar-refractivity contribution in [3.8, 4) is 5.75 Å². The highest BCUT2D eigenvalue weighted by Crippen LogP contribution is 2.51. The van der Waals surface area contributed by atoms with Gasteiger partial charge in [0.25, 0.3) is 5.69 Å². The Morgan fingerprint density at radius 1 is 1.12 bits per heavy atom. The van der Waals surface area contributed by atoms with E-state index in [1.807, 2.05) is 0 Å². The molecule has 2 bridgehead atoms. The van der Waals surface area contributed by atoms with E-state index in [1.165, 1.54) is 25.3 Å².